The standard InChI is InChI=1S/C16H24O4/c1-16-9(13-14-10(16)7-11(17)15(13)14)3-4-12(16)20-8-19-6-5-18-2/h9-10,12-15H,3-8H2,1-2H3. The first-order chi connectivity index (χ1) is 9.69. The SMILES string of the molecule is COCCOCOC1CCC2C3C4C(=O)CC(C43)C12C. The van der Waals surface area contributed by atoms with Crippen LogP contribution in [0.1, 0.15) is 26.2 Å². The van der Waals surface area contributed by atoms with Crippen LogP contribution in [0.15, 0.2) is 0 Å². The van der Waals surface area contributed by atoms with Crippen molar-refractivity contribution in [3.63, 3.8) is 0 Å². The number of ketones is 1. The van der Waals surface area contributed by atoms with Crippen LogP contribution in [-0.2, 0) is 19.0 Å². The average molecular weight is 280 g/mol. The summed E-state index contributed by atoms with van der Waals surface area (Å²) in [6.07, 6.45) is 3.46. The van der Waals surface area contributed by atoms with Crippen molar-refractivity contribution >= 4 is 5.78 Å². The van der Waals surface area contributed by atoms with E-state index in [-0.39, 0.29) is 11.5 Å². The molecule has 0 aromatic heterocycles. The summed E-state index contributed by atoms with van der Waals surface area (Å²) >= 11 is 0. The lowest BCUT2D eigenvalue weighted by atomic mass is 9.71. The molecule has 0 aromatic carbocycles. The third kappa shape index (κ3) is 1.56. The first kappa shape index (κ1) is 13.2. The van der Waals surface area contributed by atoms with Crippen LogP contribution in [0.3, 0.4) is 0 Å². The van der Waals surface area contributed by atoms with Gasteiger partial charge in [0.05, 0.1) is 19.3 Å². The summed E-state index contributed by atoms with van der Waals surface area (Å²) in [5.74, 6) is 3.69. The lowest BCUT2D eigenvalue weighted by Crippen LogP contribution is -2.38. The Hall–Kier alpha value is -0.450. The van der Waals surface area contributed by atoms with Crippen molar-refractivity contribution < 1.29 is 19.0 Å². The van der Waals surface area contributed by atoms with E-state index in [1.807, 2.05) is 0 Å². The van der Waals surface area contributed by atoms with Crippen LogP contribution >= 0.6 is 0 Å². The molecule has 0 saturated heterocycles. The monoisotopic (exact) mass is 280 g/mol. The highest BCUT2D eigenvalue weighted by Gasteiger charge is 2.79. The van der Waals surface area contributed by atoms with E-state index in [9.17, 15) is 4.79 Å². The normalized spacial score (nSPS) is 51.4. The van der Waals surface area contributed by atoms with E-state index in [0.29, 0.717) is 49.5 Å². The minimum atomic E-state index is 0.225. The van der Waals surface area contributed by atoms with Crippen molar-refractivity contribution in [2.45, 2.75) is 32.3 Å². The molecule has 0 bridgehead atoms. The average Bonchev–Trinajstić information content (AvgIpc) is 2.84. The van der Waals surface area contributed by atoms with Gasteiger partial charge in [0.15, 0.2) is 0 Å². The highest BCUT2D eigenvalue weighted by molar-refractivity contribution is 5.88. The number of fused-ring (bicyclic) bond motifs is 4. The lowest BCUT2D eigenvalue weighted by molar-refractivity contribution is -0.136. The summed E-state index contributed by atoms with van der Waals surface area (Å²) in [6.45, 7) is 3.92. The van der Waals surface area contributed by atoms with Gasteiger partial charge < -0.3 is 14.2 Å². The number of ether oxygens (including phenoxy) is 3. The molecular formula is C16H24O4. The maximum absolute atomic E-state index is 12.0. The van der Waals surface area contributed by atoms with Gasteiger partial charge in [-0.3, -0.25) is 4.79 Å². The number of hydrogen-bond acceptors (Lipinski definition) is 4. The second kappa shape index (κ2) is 4.52. The molecule has 20 heavy (non-hydrogen) atoms. The van der Waals surface area contributed by atoms with E-state index in [1.54, 1.807) is 7.11 Å². The van der Waals surface area contributed by atoms with E-state index >= 15 is 0 Å². The highest BCUT2D eigenvalue weighted by Crippen LogP contribution is 2.79. The van der Waals surface area contributed by atoms with Gasteiger partial charge in [-0.1, -0.05) is 6.92 Å². The second-order valence-corrected chi connectivity index (χ2v) is 7.18. The van der Waals surface area contributed by atoms with Crippen molar-refractivity contribution in [1.82, 2.24) is 0 Å². The molecule has 7 atom stereocenters. The molecule has 0 spiro atoms. The molecule has 0 heterocycles. The molecule has 7 unspecified atom stereocenters. The van der Waals surface area contributed by atoms with Crippen molar-refractivity contribution in [2.24, 2.45) is 35.0 Å². The molecule has 4 nitrogen and oxygen atoms in total. The minimum absolute atomic E-state index is 0.225. The number of rotatable bonds is 6. The minimum Gasteiger partial charge on any atom is -0.382 e. The van der Waals surface area contributed by atoms with Gasteiger partial charge in [-0.2, -0.15) is 0 Å². The first-order valence-corrected chi connectivity index (χ1v) is 7.90. The van der Waals surface area contributed by atoms with Gasteiger partial charge in [0.1, 0.15) is 12.6 Å². The third-order valence-electron chi connectivity index (χ3n) is 6.67. The number of Topliss-reactive ketones (excluding diaryl/α,β-unsaturated/α-hetero) is 1. The van der Waals surface area contributed by atoms with E-state index in [4.69, 9.17) is 14.2 Å². The van der Waals surface area contributed by atoms with E-state index < -0.39 is 0 Å². The van der Waals surface area contributed by atoms with Crippen molar-refractivity contribution in [1.29, 1.82) is 0 Å². The molecular weight excluding hydrogens is 256 g/mol. The first-order valence-electron chi connectivity index (χ1n) is 7.90. The van der Waals surface area contributed by atoms with Crippen LogP contribution in [0.5, 0.6) is 0 Å². The molecule has 4 rings (SSSR count). The van der Waals surface area contributed by atoms with Gasteiger partial charge >= 0.3 is 0 Å². The number of hydrogen-bond donors (Lipinski definition) is 0. The summed E-state index contributed by atoms with van der Waals surface area (Å²) in [6, 6.07) is 0. The van der Waals surface area contributed by atoms with Crippen LogP contribution in [0, 0.1) is 35.0 Å². The number of methoxy groups -OCH3 is 1. The summed E-state index contributed by atoms with van der Waals surface area (Å²) in [5, 5.41) is 0. The van der Waals surface area contributed by atoms with Crippen molar-refractivity contribution in [3.8, 4) is 0 Å². The smallest absolute Gasteiger partial charge is 0.147 e. The number of carbonyl (C=O) groups is 1. The molecule has 0 aliphatic heterocycles. The summed E-state index contributed by atoms with van der Waals surface area (Å²) < 4.78 is 16.4. The van der Waals surface area contributed by atoms with Crippen molar-refractivity contribution in [3.05, 3.63) is 0 Å². The fourth-order valence-corrected chi connectivity index (χ4v) is 5.86. The molecule has 112 valence electrons. The molecule has 4 heteroatoms. The predicted molar refractivity (Wildman–Crippen MR) is 72.0 cm³/mol. The van der Waals surface area contributed by atoms with Crippen molar-refractivity contribution in [2.75, 3.05) is 27.1 Å². The van der Waals surface area contributed by atoms with Crippen LogP contribution in [-0.4, -0.2) is 39.0 Å². The zero-order chi connectivity index (χ0) is 13.9. The van der Waals surface area contributed by atoms with Gasteiger partial charge in [-0.05, 0) is 36.5 Å². The van der Waals surface area contributed by atoms with Gasteiger partial charge in [-0.25, -0.2) is 0 Å². The Balaban J connectivity index is 1.39. The maximum Gasteiger partial charge on any atom is 0.147 e. The summed E-state index contributed by atoms with van der Waals surface area (Å²) in [7, 11) is 1.67. The van der Waals surface area contributed by atoms with E-state index in [1.165, 1.54) is 6.42 Å². The Morgan fingerprint density at radius 1 is 1.20 bits per heavy atom. The Morgan fingerprint density at radius 2 is 2.00 bits per heavy atom. The maximum atomic E-state index is 12.0. The summed E-state index contributed by atoms with van der Waals surface area (Å²) in [4.78, 5) is 12.0. The zero-order valence-corrected chi connectivity index (χ0v) is 12.3. The predicted octanol–water partition coefficient (Wildman–Crippen LogP) is 1.87. The quantitative estimate of drug-likeness (QED) is 0.550. The fourth-order valence-electron chi connectivity index (χ4n) is 5.86. The molecule has 0 radical (unpaired) electrons. The number of carbonyl (C=O) groups excluding carboxylic acids is 1. The van der Waals surface area contributed by atoms with Crippen LogP contribution in [0.4, 0.5) is 0 Å². The van der Waals surface area contributed by atoms with Gasteiger partial charge in [-0.15, -0.1) is 0 Å². The molecule has 0 aromatic rings. The highest BCUT2D eigenvalue weighted by atomic mass is 16.7. The molecule has 4 fully saturated rings. The largest absolute Gasteiger partial charge is 0.382 e. The second-order valence-electron chi connectivity index (χ2n) is 7.18. The topological polar surface area (TPSA) is 44.8 Å². The van der Waals surface area contributed by atoms with Gasteiger partial charge in [0.2, 0.25) is 0 Å². The van der Waals surface area contributed by atoms with Crippen LogP contribution in [0.2, 0.25) is 0 Å². The molecule has 4 aliphatic rings. The molecule has 0 N–H and O–H groups in total. The molecule has 0 amide bonds. The van der Waals surface area contributed by atoms with E-state index in [0.717, 1.165) is 18.8 Å². The Bertz CT molecular complexity index is 423. The van der Waals surface area contributed by atoms with E-state index in [2.05, 4.69) is 6.92 Å². The summed E-state index contributed by atoms with van der Waals surface area (Å²) in [5.41, 5.74) is 0.225. The van der Waals surface area contributed by atoms with Gasteiger partial charge in [0.25, 0.3) is 0 Å². The molecule has 4 saturated carbocycles. The Morgan fingerprint density at radius 3 is 2.80 bits per heavy atom. The van der Waals surface area contributed by atoms with Crippen LogP contribution < -0.4 is 0 Å². The fraction of sp³-hybridized carbons (Fsp3) is 0.938. The van der Waals surface area contributed by atoms with Crippen LogP contribution in [0.25, 0.3) is 0 Å². The third-order valence-corrected chi connectivity index (χ3v) is 6.67. The molecule has 4 aliphatic carbocycles. The lowest BCUT2D eigenvalue weighted by Gasteiger charge is -2.37. The Kier molecular flexibility index (Phi) is 2.99. The Labute approximate surface area is 120 Å². The zero-order valence-electron chi connectivity index (χ0n) is 12.3. The van der Waals surface area contributed by atoms with Gasteiger partial charge in [0, 0.05) is 24.9 Å².